The monoisotopic (exact) mass is 392 g/mol. The number of benzene rings is 1. The van der Waals surface area contributed by atoms with Gasteiger partial charge in [-0.15, -0.1) is 12.4 Å². The van der Waals surface area contributed by atoms with E-state index in [1.807, 2.05) is 13.8 Å². The first-order valence-corrected chi connectivity index (χ1v) is 8.83. The summed E-state index contributed by atoms with van der Waals surface area (Å²) in [6.07, 6.45) is -0.808. The summed E-state index contributed by atoms with van der Waals surface area (Å²) in [4.78, 5) is 12.1. The number of piperidine rings is 1. The predicted molar refractivity (Wildman–Crippen MR) is 99.6 cm³/mol. The molecule has 1 aromatic rings. The van der Waals surface area contributed by atoms with Gasteiger partial charge in [0.15, 0.2) is 0 Å². The van der Waals surface area contributed by atoms with Crippen molar-refractivity contribution in [3.05, 3.63) is 35.4 Å². The van der Waals surface area contributed by atoms with Gasteiger partial charge < -0.3 is 10.6 Å². The zero-order chi connectivity index (χ0) is 18.5. The minimum atomic E-state index is -4.36. The summed E-state index contributed by atoms with van der Waals surface area (Å²) in [6, 6.07) is 5.33. The van der Waals surface area contributed by atoms with Crippen LogP contribution in [0.1, 0.15) is 50.7 Å². The fourth-order valence-electron chi connectivity index (χ4n) is 3.13. The second-order valence-electron chi connectivity index (χ2n) is 7.47. The largest absolute Gasteiger partial charge is 0.416 e. The van der Waals surface area contributed by atoms with Crippen molar-refractivity contribution in [1.82, 2.24) is 10.6 Å². The Morgan fingerprint density at radius 2 is 1.81 bits per heavy atom. The Morgan fingerprint density at radius 3 is 2.42 bits per heavy atom. The number of halogens is 4. The van der Waals surface area contributed by atoms with E-state index < -0.39 is 17.2 Å². The third kappa shape index (κ3) is 6.80. The van der Waals surface area contributed by atoms with Crippen molar-refractivity contribution in [1.29, 1.82) is 0 Å². The van der Waals surface area contributed by atoms with Gasteiger partial charge in [0.2, 0.25) is 5.91 Å². The van der Waals surface area contributed by atoms with Crippen molar-refractivity contribution in [2.24, 2.45) is 5.92 Å². The van der Waals surface area contributed by atoms with Crippen LogP contribution in [0.15, 0.2) is 24.3 Å². The van der Waals surface area contributed by atoms with E-state index in [1.165, 1.54) is 12.1 Å². The Kier molecular flexibility index (Phi) is 8.41. The number of rotatable bonds is 6. The Balaban J connectivity index is 0.00000338. The molecule has 7 heteroatoms. The SMILES string of the molecule is CC(C)(CNC(=O)CCC1CCNCC1)c1cccc(C(F)(F)F)c1.Cl. The number of carbonyl (C=O) groups is 1. The molecule has 1 heterocycles. The van der Waals surface area contributed by atoms with Crippen LogP contribution in [0.4, 0.5) is 13.2 Å². The molecule has 2 rings (SSSR count). The molecule has 0 spiro atoms. The molecule has 0 bridgehead atoms. The molecule has 1 fully saturated rings. The molecule has 2 N–H and O–H groups in total. The molecule has 0 unspecified atom stereocenters. The normalized spacial score (nSPS) is 16.0. The first-order valence-electron chi connectivity index (χ1n) is 8.83. The van der Waals surface area contributed by atoms with Gasteiger partial charge in [-0.3, -0.25) is 4.79 Å². The van der Waals surface area contributed by atoms with E-state index >= 15 is 0 Å². The maximum absolute atomic E-state index is 12.9. The molecule has 1 aliphatic heterocycles. The lowest BCUT2D eigenvalue weighted by Gasteiger charge is -2.27. The molecule has 1 aromatic carbocycles. The number of hydrogen-bond donors (Lipinski definition) is 2. The number of alkyl halides is 3. The van der Waals surface area contributed by atoms with E-state index in [1.54, 1.807) is 6.07 Å². The van der Waals surface area contributed by atoms with Crippen LogP contribution in [0.2, 0.25) is 0 Å². The minimum Gasteiger partial charge on any atom is -0.355 e. The van der Waals surface area contributed by atoms with Gasteiger partial charge in [0, 0.05) is 18.4 Å². The molecule has 1 amide bonds. The van der Waals surface area contributed by atoms with Crippen molar-refractivity contribution in [2.45, 2.75) is 51.1 Å². The zero-order valence-electron chi connectivity index (χ0n) is 15.3. The van der Waals surface area contributed by atoms with E-state index in [2.05, 4.69) is 10.6 Å². The van der Waals surface area contributed by atoms with Gasteiger partial charge in [-0.1, -0.05) is 32.0 Å². The van der Waals surface area contributed by atoms with E-state index in [0.29, 0.717) is 24.4 Å². The average molecular weight is 393 g/mol. The zero-order valence-corrected chi connectivity index (χ0v) is 16.1. The quantitative estimate of drug-likeness (QED) is 0.757. The summed E-state index contributed by atoms with van der Waals surface area (Å²) in [5.74, 6) is 0.557. The minimum absolute atomic E-state index is 0. The molecule has 1 saturated heterocycles. The van der Waals surface area contributed by atoms with Crippen molar-refractivity contribution in [3.8, 4) is 0 Å². The maximum atomic E-state index is 12.9. The topological polar surface area (TPSA) is 41.1 Å². The predicted octanol–water partition coefficient (Wildman–Crippen LogP) is 4.30. The third-order valence-corrected chi connectivity index (χ3v) is 4.94. The van der Waals surface area contributed by atoms with E-state index in [9.17, 15) is 18.0 Å². The molecular weight excluding hydrogens is 365 g/mol. The van der Waals surface area contributed by atoms with Crippen molar-refractivity contribution in [2.75, 3.05) is 19.6 Å². The highest BCUT2D eigenvalue weighted by molar-refractivity contribution is 5.85. The standard InChI is InChI=1S/C19H27F3N2O.ClH/c1-18(2,15-4-3-5-16(12-15)19(20,21)22)13-24-17(25)7-6-14-8-10-23-11-9-14;/h3-5,12,14,23H,6-11,13H2,1-2H3,(H,24,25);1H. The molecular formula is C19H28ClF3N2O. The average Bonchev–Trinajstić information content (AvgIpc) is 2.58. The second kappa shape index (κ2) is 9.60. The van der Waals surface area contributed by atoms with Crippen molar-refractivity contribution in [3.63, 3.8) is 0 Å². The first kappa shape index (κ1) is 22.8. The highest BCUT2D eigenvalue weighted by Gasteiger charge is 2.32. The van der Waals surface area contributed by atoms with Gasteiger partial charge in [-0.2, -0.15) is 13.2 Å². The summed E-state index contributed by atoms with van der Waals surface area (Å²) in [6.45, 7) is 6.02. The Hall–Kier alpha value is -1.27. The van der Waals surface area contributed by atoms with Crippen molar-refractivity contribution >= 4 is 18.3 Å². The van der Waals surface area contributed by atoms with Crippen LogP contribution in [-0.2, 0) is 16.4 Å². The van der Waals surface area contributed by atoms with Gasteiger partial charge in [0.25, 0.3) is 0 Å². The third-order valence-electron chi connectivity index (χ3n) is 4.94. The Morgan fingerprint density at radius 1 is 1.19 bits per heavy atom. The Bertz CT molecular complexity index is 584. The van der Waals surface area contributed by atoms with Gasteiger partial charge in [-0.25, -0.2) is 0 Å². The Labute approximate surface area is 159 Å². The lowest BCUT2D eigenvalue weighted by atomic mass is 9.83. The lowest BCUT2D eigenvalue weighted by molar-refractivity contribution is -0.137. The molecule has 0 aromatic heterocycles. The number of hydrogen-bond acceptors (Lipinski definition) is 2. The van der Waals surface area contributed by atoms with Crippen LogP contribution < -0.4 is 10.6 Å². The number of nitrogens with one attached hydrogen (secondary N) is 2. The molecule has 1 aliphatic rings. The molecule has 26 heavy (non-hydrogen) atoms. The fraction of sp³-hybridized carbons (Fsp3) is 0.632. The first-order chi connectivity index (χ1) is 11.7. The van der Waals surface area contributed by atoms with Crippen LogP contribution in [0.25, 0.3) is 0 Å². The summed E-state index contributed by atoms with van der Waals surface area (Å²) >= 11 is 0. The molecule has 3 nitrogen and oxygen atoms in total. The van der Waals surface area contributed by atoms with Crippen LogP contribution >= 0.6 is 12.4 Å². The number of amides is 1. The summed E-state index contributed by atoms with van der Waals surface area (Å²) in [5.41, 5.74) is -0.651. The maximum Gasteiger partial charge on any atom is 0.416 e. The van der Waals surface area contributed by atoms with Gasteiger partial charge in [-0.05, 0) is 49.9 Å². The summed E-state index contributed by atoms with van der Waals surface area (Å²) < 4.78 is 38.6. The van der Waals surface area contributed by atoms with Gasteiger partial charge in [0.05, 0.1) is 5.56 Å². The van der Waals surface area contributed by atoms with E-state index in [-0.39, 0.29) is 18.3 Å². The molecule has 148 valence electrons. The number of carbonyl (C=O) groups excluding carboxylic acids is 1. The highest BCUT2D eigenvalue weighted by Crippen LogP contribution is 2.32. The van der Waals surface area contributed by atoms with Crippen LogP contribution in [0, 0.1) is 5.92 Å². The summed E-state index contributed by atoms with van der Waals surface area (Å²) in [5, 5.41) is 6.18. The molecule has 0 atom stereocenters. The van der Waals surface area contributed by atoms with Crippen LogP contribution in [-0.4, -0.2) is 25.5 Å². The molecule has 0 aliphatic carbocycles. The molecule has 0 saturated carbocycles. The van der Waals surface area contributed by atoms with Crippen LogP contribution in [0.3, 0.4) is 0 Å². The van der Waals surface area contributed by atoms with Crippen LogP contribution in [0.5, 0.6) is 0 Å². The van der Waals surface area contributed by atoms with Crippen molar-refractivity contribution < 1.29 is 18.0 Å². The fourth-order valence-corrected chi connectivity index (χ4v) is 3.13. The van der Waals surface area contributed by atoms with E-state index in [0.717, 1.165) is 38.4 Å². The molecule has 0 radical (unpaired) electrons. The van der Waals surface area contributed by atoms with Gasteiger partial charge >= 0.3 is 6.18 Å². The van der Waals surface area contributed by atoms with E-state index in [4.69, 9.17) is 0 Å². The highest BCUT2D eigenvalue weighted by atomic mass is 35.5. The van der Waals surface area contributed by atoms with Gasteiger partial charge in [0.1, 0.15) is 0 Å². The lowest BCUT2D eigenvalue weighted by Crippen LogP contribution is -2.37. The smallest absolute Gasteiger partial charge is 0.355 e. The summed E-state index contributed by atoms with van der Waals surface area (Å²) in [7, 11) is 0. The second-order valence-corrected chi connectivity index (χ2v) is 7.47.